The second kappa shape index (κ2) is 16.0. The van der Waals surface area contributed by atoms with Crippen LogP contribution in [0.1, 0.15) is 30.0 Å². The van der Waals surface area contributed by atoms with Crippen molar-refractivity contribution < 1.29 is 28.9 Å². The number of oxime groups is 1. The van der Waals surface area contributed by atoms with Crippen molar-refractivity contribution in [3.05, 3.63) is 129 Å². The van der Waals surface area contributed by atoms with Crippen LogP contribution >= 0.6 is 35.1 Å². The van der Waals surface area contributed by atoms with Crippen molar-refractivity contribution in [1.82, 2.24) is 24.6 Å². The summed E-state index contributed by atoms with van der Waals surface area (Å²) >= 11 is 3.40. The summed E-state index contributed by atoms with van der Waals surface area (Å²) < 4.78 is 10.2. The first-order valence-corrected chi connectivity index (χ1v) is 18.0. The van der Waals surface area contributed by atoms with E-state index in [2.05, 4.69) is 24.8 Å². The molecule has 18 heteroatoms. The van der Waals surface area contributed by atoms with Gasteiger partial charge in [0.2, 0.25) is 11.5 Å². The number of nitrogens with zero attached hydrogens (tertiary/aromatic N) is 6. The minimum absolute atomic E-state index is 0.0248. The highest BCUT2D eigenvalue weighted by molar-refractivity contribution is 8.02. The van der Waals surface area contributed by atoms with Crippen molar-refractivity contribution in [2.75, 3.05) is 18.1 Å². The van der Waals surface area contributed by atoms with Crippen LogP contribution in [-0.2, 0) is 24.0 Å². The SMILES string of the molecule is CCON=C(C(=O)NC1C(=O)N2C(C(=O)OC(c3ccccc3)c3ccccc3)=C(C=CSc3ccc([N+](=O)[O-])cn3)CS[C@H]12)c1nsc(N)n1. The number of aromatic nitrogens is 3. The number of hydrogen-bond donors (Lipinski definition) is 2. The number of thioether (sulfide) groups is 2. The number of amides is 2. The van der Waals surface area contributed by atoms with Gasteiger partial charge in [0.1, 0.15) is 34.9 Å². The molecule has 6 rings (SSSR count). The zero-order chi connectivity index (χ0) is 35.9. The standard InChI is InChI=1S/C33H28N8O7S3/c1-2-47-38-24(28-37-33(34)51-39-28)29(42)36-25-30(43)40-26(32(44)48-27(19-9-5-3-6-10-19)20-11-7-4-8-12-20)21(18-50-31(25)40)15-16-49-23-14-13-22(17-35-23)41(45)46/h3-17,25,27,31H,2,18H2,1H3,(H,36,42)(H2,34,37,39)/t25?,31-/m1/s1. The van der Waals surface area contributed by atoms with Gasteiger partial charge in [0.25, 0.3) is 17.5 Å². The monoisotopic (exact) mass is 744 g/mol. The lowest BCUT2D eigenvalue weighted by atomic mass is 10.0. The number of nitro groups is 1. The van der Waals surface area contributed by atoms with E-state index in [1.165, 1.54) is 40.6 Å². The van der Waals surface area contributed by atoms with Crippen LogP contribution in [-0.4, -0.2) is 71.4 Å². The first-order valence-electron chi connectivity index (χ1n) is 15.3. The van der Waals surface area contributed by atoms with Gasteiger partial charge in [0.15, 0.2) is 11.2 Å². The predicted molar refractivity (Wildman–Crippen MR) is 191 cm³/mol. The molecule has 0 saturated carbocycles. The molecule has 2 atom stereocenters. The van der Waals surface area contributed by atoms with Gasteiger partial charge in [-0.2, -0.15) is 9.36 Å². The van der Waals surface area contributed by atoms with Crippen LogP contribution in [0.5, 0.6) is 0 Å². The number of ether oxygens (including phenoxy) is 1. The molecular weight excluding hydrogens is 717 g/mol. The number of esters is 1. The van der Waals surface area contributed by atoms with Crippen LogP contribution in [0, 0.1) is 10.1 Å². The van der Waals surface area contributed by atoms with E-state index in [4.69, 9.17) is 15.3 Å². The van der Waals surface area contributed by atoms with Gasteiger partial charge in [0.05, 0.1) is 4.92 Å². The number of nitrogen functional groups attached to an aromatic ring is 1. The molecule has 260 valence electrons. The number of β-lactam (4-membered cyclic amide) rings is 1. The Morgan fingerprint density at radius 2 is 1.86 bits per heavy atom. The number of nitrogens with one attached hydrogen (secondary N) is 1. The molecule has 1 unspecified atom stereocenters. The Labute approximate surface area is 303 Å². The van der Waals surface area contributed by atoms with Gasteiger partial charge in [-0.1, -0.05) is 77.6 Å². The van der Waals surface area contributed by atoms with E-state index in [-0.39, 0.29) is 40.4 Å². The van der Waals surface area contributed by atoms with Gasteiger partial charge < -0.3 is 20.6 Å². The van der Waals surface area contributed by atoms with E-state index < -0.39 is 40.2 Å². The number of fused-ring (bicyclic) bond motifs is 1. The summed E-state index contributed by atoms with van der Waals surface area (Å²) in [6.45, 7) is 1.86. The highest BCUT2D eigenvalue weighted by Gasteiger charge is 2.55. The summed E-state index contributed by atoms with van der Waals surface area (Å²) in [5.74, 6) is -1.80. The lowest BCUT2D eigenvalue weighted by Gasteiger charge is -2.49. The Morgan fingerprint density at radius 1 is 1.16 bits per heavy atom. The van der Waals surface area contributed by atoms with Gasteiger partial charge >= 0.3 is 5.97 Å². The Balaban J connectivity index is 1.29. The Hall–Kier alpha value is -5.59. The minimum atomic E-state index is -1.02. The molecule has 1 fully saturated rings. The first kappa shape index (κ1) is 35.2. The van der Waals surface area contributed by atoms with E-state index in [0.29, 0.717) is 10.6 Å². The molecule has 0 radical (unpaired) electrons. The van der Waals surface area contributed by atoms with E-state index >= 15 is 0 Å². The third-order valence-electron chi connectivity index (χ3n) is 7.45. The maximum Gasteiger partial charge on any atom is 0.356 e. The lowest BCUT2D eigenvalue weighted by Crippen LogP contribution is -2.71. The van der Waals surface area contributed by atoms with Crippen molar-refractivity contribution in [2.24, 2.45) is 5.16 Å². The van der Waals surface area contributed by atoms with Crippen LogP contribution in [0.3, 0.4) is 0 Å². The fourth-order valence-corrected chi connectivity index (χ4v) is 7.48. The van der Waals surface area contributed by atoms with Gasteiger partial charge in [-0.05, 0) is 41.2 Å². The smallest absolute Gasteiger partial charge is 0.356 e. The van der Waals surface area contributed by atoms with E-state index in [1.54, 1.807) is 18.4 Å². The topological polar surface area (TPSA) is 205 Å². The molecule has 0 spiro atoms. The number of allylic oxidation sites excluding steroid dienone is 1. The third-order valence-corrected chi connectivity index (χ3v) is 10.1. The average Bonchev–Trinajstić information content (AvgIpc) is 3.58. The zero-order valence-electron chi connectivity index (χ0n) is 26.6. The second-order valence-corrected chi connectivity index (χ2v) is 13.5. The number of carbonyl (C=O) groups is 3. The van der Waals surface area contributed by atoms with Crippen molar-refractivity contribution in [2.45, 2.75) is 29.5 Å². The normalized spacial score (nSPS) is 17.3. The van der Waals surface area contributed by atoms with Crippen molar-refractivity contribution in [3.8, 4) is 0 Å². The maximum atomic E-state index is 14.2. The highest BCUT2D eigenvalue weighted by Crippen LogP contribution is 2.42. The van der Waals surface area contributed by atoms with Gasteiger partial charge in [-0.15, -0.1) is 11.8 Å². The number of anilines is 1. The third kappa shape index (κ3) is 7.92. The molecule has 0 bridgehead atoms. The number of hydrogen-bond acceptors (Lipinski definition) is 15. The molecule has 3 N–H and O–H groups in total. The fourth-order valence-electron chi connectivity index (χ4n) is 5.10. The summed E-state index contributed by atoms with van der Waals surface area (Å²) in [5, 5.41) is 19.2. The summed E-state index contributed by atoms with van der Waals surface area (Å²) in [4.78, 5) is 66.5. The van der Waals surface area contributed by atoms with E-state index in [9.17, 15) is 24.5 Å². The van der Waals surface area contributed by atoms with E-state index in [0.717, 1.165) is 28.9 Å². The number of rotatable bonds is 13. The number of benzene rings is 2. The van der Waals surface area contributed by atoms with Crippen LogP contribution in [0.25, 0.3) is 0 Å². The molecule has 2 aliphatic rings. The molecule has 2 amide bonds. The predicted octanol–water partition coefficient (Wildman–Crippen LogP) is 4.46. The second-order valence-electron chi connectivity index (χ2n) is 10.7. The largest absolute Gasteiger partial charge is 0.448 e. The van der Waals surface area contributed by atoms with Crippen LogP contribution < -0.4 is 11.1 Å². The van der Waals surface area contributed by atoms with Crippen molar-refractivity contribution in [3.63, 3.8) is 0 Å². The van der Waals surface area contributed by atoms with Gasteiger partial charge in [-0.25, -0.2) is 9.78 Å². The molecule has 4 aromatic rings. The maximum absolute atomic E-state index is 14.2. The Kier molecular flexibility index (Phi) is 11.0. The van der Waals surface area contributed by atoms with E-state index in [1.807, 2.05) is 60.7 Å². The summed E-state index contributed by atoms with van der Waals surface area (Å²) in [6.07, 6.45) is 2.05. The summed E-state index contributed by atoms with van der Waals surface area (Å²) in [7, 11) is 0. The first-order chi connectivity index (χ1) is 24.7. The van der Waals surface area contributed by atoms with Crippen LogP contribution in [0.15, 0.2) is 112 Å². The van der Waals surface area contributed by atoms with Crippen molar-refractivity contribution >= 4 is 69.4 Å². The number of nitrogens with two attached hydrogens (primary N) is 1. The Bertz CT molecular complexity index is 1980. The highest BCUT2D eigenvalue weighted by atomic mass is 32.2. The van der Waals surface area contributed by atoms with Crippen molar-refractivity contribution in [1.29, 1.82) is 0 Å². The van der Waals surface area contributed by atoms with Crippen LogP contribution in [0.2, 0.25) is 0 Å². The number of pyridine rings is 1. The number of carbonyl (C=O) groups excluding carboxylic acids is 3. The molecule has 2 aromatic heterocycles. The average molecular weight is 745 g/mol. The summed E-state index contributed by atoms with van der Waals surface area (Å²) in [5.41, 5.74) is 7.30. The van der Waals surface area contributed by atoms with Crippen LogP contribution in [0.4, 0.5) is 10.8 Å². The molecule has 2 aliphatic heterocycles. The van der Waals surface area contributed by atoms with Gasteiger partial charge in [-0.3, -0.25) is 24.6 Å². The Morgan fingerprint density at radius 3 is 2.45 bits per heavy atom. The fraction of sp³-hybridized carbons (Fsp3) is 0.182. The molecule has 2 aromatic carbocycles. The quantitative estimate of drug-likeness (QED) is 0.0485. The molecule has 1 saturated heterocycles. The zero-order valence-corrected chi connectivity index (χ0v) is 29.1. The molecule has 0 aliphatic carbocycles. The molecular formula is C33H28N8O7S3. The summed E-state index contributed by atoms with van der Waals surface area (Å²) in [6, 6.07) is 20.3. The molecule has 4 heterocycles. The minimum Gasteiger partial charge on any atom is -0.448 e. The lowest BCUT2D eigenvalue weighted by molar-refractivity contribution is -0.385. The molecule has 15 nitrogen and oxygen atoms in total. The van der Waals surface area contributed by atoms with Gasteiger partial charge in [0, 0.05) is 23.4 Å². The molecule has 51 heavy (non-hydrogen) atoms.